The first kappa shape index (κ1) is 15.8. The Hall–Kier alpha value is -2.04. The normalized spacial score (nSPS) is 21.4. The van der Waals surface area contributed by atoms with Crippen LogP contribution in [0.4, 0.5) is 0 Å². The third kappa shape index (κ3) is 3.66. The maximum absolute atomic E-state index is 12.1. The summed E-state index contributed by atoms with van der Waals surface area (Å²) < 4.78 is 6.80. The van der Waals surface area contributed by atoms with Crippen molar-refractivity contribution in [3.8, 4) is 0 Å². The number of nitrogens with one attached hydrogen (secondary N) is 1. The predicted molar refractivity (Wildman–Crippen MR) is 89.3 cm³/mol. The third-order valence-corrected chi connectivity index (χ3v) is 4.82. The summed E-state index contributed by atoms with van der Waals surface area (Å²) in [6.45, 7) is 2.71. The van der Waals surface area contributed by atoms with Crippen molar-refractivity contribution in [3.63, 3.8) is 0 Å². The lowest BCUT2D eigenvalue weighted by Gasteiger charge is -2.29. The summed E-state index contributed by atoms with van der Waals surface area (Å²) in [6.07, 6.45) is 5.82. The second kappa shape index (κ2) is 7.02. The molecule has 0 aliphatic heterocycles. The van der Waals surface area contributed by atoms with Gasteiger partial charge in [-0.05, 0) is 37.3 Å². The highest BCUT2D eigenvalue weighted by Gasteiger charge is 2.22. The molecule has 1 saturated carbocycles. The van der Waals surface area contributed by atoms with Crippen molar-refractivity contribution in [2.24, 2.45) is 5.92 Å². The molecule has 0 spiro atoms. The van der Waals surface area contributed by atoms with Crippen LogP contribution in [0.5, 0.6) is 0 Å². The number of amides is 1. The van der Waals surface area contributed by atoms with Crippen LogP contribution in [0.15, 0.2) is 33.5 Å². The number of fused-ring (bicyclic) bond motifs is 1. The predicted octanol–water partition coefficient (Wildman–Crippen LogP) is 3.07. The molecule has 124 valence electrons. The van der Waals surface area contributed by atoms with Gasteiger partial charge in [-0.1, -0.05) is 31.9 Å². The van der Waals surface area contributed by atoms with Crippen LogP contribution < -0.4 is 11.1 Å². The minimum Gasteiger partial charge on any atom is -0.408 e. The van der Waals surface area contributed by atoms with Crippen molar-refractivity contribution >= 4 is 17.0 Å². The van der Waals surface area contributed by atoms with Crippen LogP contribution in [-0.4, -0.2) is 16.5 Å². The summed E-state index contributed by atoms with van der Waals surface area (Å²) in [5.74, 6) is 0.297. The van der Waals surface area contributed by atoms with E-state index in [0.29, 0.717) is 36.9 Å². The van der Waals surface area contributed by atoms with E-state index in [0.717, 1.165) is 11.9 Å². The van der Waals surface area contributed by atoms with Crippen molar-refractivity contribution in [2.75, 3.05) is 0 Å². The van der Waals surface area contributed by atoms with Gasteiger partial charge in [-0.2, -0.15) is 0 Å². The molecule has 1 aliphatic carbocycles. The Bertz CT molecular complexity index is 731. The van der Waals surface area contributed by atoms with Crippen molar-refractivity contribution < 1.29 is 9.21 Å². The zero-order chi connectivity index (χ0) is 16.2. The van der Waals surface area contributed by atoms with Gasteiger partial charge in [0.2, 0.25) is 5.91 Å². The van der Waals surface area contributed by atoms with Crippen LogP contribution in [0, 0.1) is 5.92 Å². The van der Waals surface area contributed by atoms with Crippen molar-refractivity contribution in [3.05, 3.63) is 34.8 Å². The quantitative estimate of drug-likeness (QED) is 0.922. The van der Waals surface area contributed by atoms with Gasteiger partial charge in [0.05, 0.1) is 5.52 Å². The van der Waals surface area contributed by atoms with Gasteiger partial charge in [0.1, 0.15) is 0 Å². The number of aromatic nitrogens is 1. The number of rotatable bonds is 5. The highest BCUT2D eigenvalue weighted by atomic mass is 16.4. The number of carbonyl (C=O) groups excluding carboxylic acids is 1. The van der Waals surface area contributed by atoms with E-state index in [1.807, 2.05) is 18.2 Å². The first-order chi connectivity index (χ1) is 11.1. The van der Waals surface area contributed by atoms with E-state index in [9.17, 15) is 9.59 Å². The second-order valence-electron chi connectivity index (χ2n) is 6.53. The Labute approximate surface area is 135 Å². The summed E-state index contributed by atoms with van der Waals surface area (Å²) in [5, 5.41) is 3.15. The Balaban J connectivity index is 1.53. The van der Waals surface area contributed by atoms with Crippen LogP contribution in [0.3, 0.4) is 0 Å². The topological polar surface area (TPSA) is 64.2 Å². The van der Waals surface area contributed by atoms with Gasteiger partial charge >= 0.3 is 5.76 Å². The monoisotopic (exact) mass is 316 g/mol. The molecule has 23 heavy (non-hydrogen) atoms. The first-order valence-corrected chi connectivity index (χ1v) is 8.53. The van der Waals surface area contributed by atoms with Crippen LogP contribution in [-0.2, 0) is 11.3 Å². The average molecular weight is 316 g/mol. The summed E-state index contributed by atoms with van der Waals surface area (Å²) in [6, 6.07) is 7.68. The molecule has 0 saturated heterocycles. The van der Waals surface area contributed by atoms with Gasteiger partial charge in [0.25, 0.3) is 0 Å². The van der Waals surface area contributed by atoms with Gasteiger partial charge < -0.3 is 9.73 Å². The molecule has 2 aromatic rings. The smallest absolute Gasteiger partial charge is 0.408 e. The molecule has 5 nitrogen and oxygen atoms in total. The molecule has 3 rings (SSSR count). The fourth-order valence-corrected chi connectivity index (χ4v) is 3.43. The van der Waals surface area contributed by atoms with E-state index in [4.69, 9.17) is 4.42 Å². The highest BCUT2D eigenvalue weighted by Crippen LogP contribution is 2.23. The van der Waals surface area contributed by atoms with E-state index in [1.165, 1.54) is 19.3 Å². The summed E-state index contributed by atoms with van der Waals surface area (Å²) in [7, 11) is 0. The Morgan fingerprint density at radius 2 is 2.09 bits per heavy atom. The largest absolute Gasteiger partial charge is 0.419 e. The van der Waals surface area contributed by atoms with Gasteiger partial charge in [0.15, 0.2) is 5.58 Å². The number of nitrogens with zero attached hydrogens (tertiary/aromatic N) is 1. The summed E-state index contributed by atoms with van der Waals surface area (Å²) >= 11 is 0. The molecule has 1 aliphatic rings. The maximum Gasteiger partial charge on any atom is 0.419 e. The lowest BCUT2D eigenvalue weighted by molar-refractivity contribution is -0.122. The Morgan fingerprint density at radius 1 is 1.30 bits per heavy atom. The van der Waals surface area contributed by atoms with E-state index >= 15 is 0 Å². The van der Waals surface area contributed by atoms with E-state index in [-0.39, 0.29) is 11.7 Å². The fraction of sp³-hybridized carbons (Fsp3) is 0.556. The molecule has 2 atom stereocenters. The molecule has 0 radical (unpaired) electrons. The van der Waals surface area contributed by atoms with Crippen molar-refractivity contribution in [1.82, 2.24) is 9.88 Å². The lowest BCUT2D eigenvalue weighted by atomic mass is 9.86. The molecule has 0 bridgehead atoms. The van der Waals surface area contributed by atoms with E-state index < -0.39 is 0 Å². The average Bonchev–Trinajstić information content (AvgIpc) is 2.86. The molecule has 0 unspecified atom stereocenters. The van der Waals surface area contributed by atoms with Gasteiger partial charge in [-0.3, -0.25) is 9.36 Å². The van der Waals surface area contributed by atoms with E-state index in [2.05, 4.69) is 12.2 Å². The number of aryl methyl sites for hydroxylation is 1. The van der Waals surface area contributed by atoms with Crippen LogP contribution in [0.1, 0.15) is 45.4 Å². The highest BCUT2D eigenvalue weighted by molar-refractivity contribution is 5.76. The number of hydrogen-bond donors (Lipinski definition) is 1. The summed E-state index contributed by atoms with van der Waals surface area (Å²) in [5.41, 5.74) is 1.39. The molecule has 5 heteroatoms. The van der Waals surface area contributed by atoms with E-state index in [1.54, 1.807) is 10.6 Å². The zero-order valence-electron chi connectivity index (χ0n) is 13.6. The van der Waals surface area contributed by atoms with Crippen molar-refractivity contribution in [1.29, 1.82) is 0 Å². The molecule has 1 N–H and O–H groups in total. The minimum atomic E-state index is -0.354. The molecule has 1 fully saturated rings. The molecular weight excluding hydrogens is 292 g/mol. The lowest BCUT2D eigenvalue weighted by Crippen LogP contribution is -2.41. The molecular formula is C18H24N2O3. The van der Waals surface area contributed by atoms with Crippen LogP contribution >= 0.6 is 0 Å². The molecule has 1 aromatic heterocycles. The third-order valence-electron chi connectivity index (χ3n) is 4.82. The van der Waals surface area contributed by atoms with Crippen LogP contribution in [0.2, 0.25) is 0 Å². The Kier molecular flexibility index (Phi) is 4.84. The van der Waals surface area contributed by atoms with Gasteiger partial charge in [-0.25, -0.2) is 4.79 Å². The zero-order valence-corrected chi connectivity index (χ0v) is 13.6. The van der Waals surface area contributed by atoms with Gasteiger partial charge in [-0.15, -0.1) is 0 Å². The standard InChI is InChI=1S/C18H24N2O3/c1-13-7-2-3-8-14(13)19-17(21)11-6-12-20-15-9-4-5-10-16(15)23-18(20)22/h4-5,9-10,13-14H,2-3,6-8,11-12H2,1H3,(H,19,21)/t13-,14+/m0/s1. The fourth-order valence-electron chi connectivity index (χ4n) is 3.43. The number of oxazole rings is 1. The number of para-hydroxylation sites is 2. The Morgan fingerprint density at radius 3 is 2.91 bits per heavy atom. The summed E-state index contributed by atoms with van der Waals surface area (Å²) in [4.78, 5) is 24.0. The molecule has 1 heterocycles. The minimum absolute atomic E-state index is 0.0876. The molecule has 1 aromatic carbocycles. The number of benzene rings is 1. The van der Waals surface area contributed by atoms with Gasteiger partial charge in [0, 0.05) is 19.0 Å². The SMILES string of the molecule is C[C@H]1CCCC[C@H]1NC(=O)CCCn1c(=O)oc2ccccc21. The number of hydrogen-bond acceptors (Lipinski definition) is 3. The first-order valence-electron chi connectivity index (χ1n) is 8.53. The maximum atomic E-state index is 12.1. The second-order valence-corrected chi connectivity index (χ2v) is 6.53. The van der Waals surface area contributed by atoms with Crippen LogP contribution in [0.25, 0.3) is 11.1 Å². The number of carbonyl (C=O) groups is 1. The molecule has 1 amide bonds. The van der Waals surface area contributed by atoms with Crippen molar-refractivity contribution in [2.45, 2.75) is 58.0 Å².